The zero-order chi connectivity index (χ0) is 22.1. The molecule has 0 radical (unpaired) electrons. The normalized spacial score (nSPS) is 22.8. The lowest BCUT2D eigenvalue weighted by molar-refractivity contribution is -0.124. The number of anilines is 2. The van der Waals surface area contributed by atoms with Crippen molar-refractivity contribution in [3.8, 4) is 0 Å². The second-order valence-electron chi connectivity index (χ2n) is 8.80. The number of carbonyl (C=O) groups is 1. The number of piperidine rings is 1. The van der Waals surface area contributed by atoms with Crippen molar-refractivity contribution >= 4 is 40.5 Å². The molecular formula is C24H28Cl2FN3O. The Labute approximate surface area is 193 Å². The van der Waals surface area contributed by atoms with Gasteiger partial charge in [0.25, 0.3) is 0 Å². The third kappa shape index (κ3) is 4.84. The monoisotopic (exact) mass is 463 g/mol. The first-order valence-corrected chi connectivity index (χ1v) is 11.6. The van der Waals surface area contributed by atoms with Crippen LogP contribution >= 0.6 is 23.2 Å². The van der Waals surface area contributed by atoms with E-state index in [0.29, 0.717) is 34.3 Å². The molecule has 0 saturated carbocycles. The van der Waals surface area contributed by atoms with Crippen molar-refractivity contribution in [3.05, 3.63) is 57.8 Å². The summed E-state index contributed by atoms with van der Waals surface area (Å²) in [7, 11) is 2.11. The molecule has 2 heterocycles. The highest BCUT2D eigenvalue weighted by atomic mass is 35.5. The van der Waals surface area contributed by atoms with Crippen LogP contribution in [0.3, 0.4) is 0 Å². The number of hydrogen-bond donors (Lipinski definition) is 0. The molecule has 0 aromatic heterocycles. The maximum atomic E-state index is 14.2. The lowest BCUT2D eigenvalue weighted by Gasteiger charge is -2.38. The molecule has 1 amide bonds. The minimum Gasteiger partial charge on any atom is -0.369 e. The van der Waals surface area contributed by atoms with Gasteiger partial charge in [0, 0.05) is 44.3 Å². The molecule has 4 nitrogen and oxygen atoms in total. The molecule has 2 aliphatic rings. The number of halogens is 3. The molecule has 0 bridgehead atoms. The van der Waals surface area contributed by atoms with Crippen LogP contribution in [0.5, 0.6) is 0 Å². The van der Waals surface area contributed by atoms with Crippen molar-refractivity contribution in [1.29, 1.82) is 0 Å². The number of hydrogen-bond acceptors (Lipinski definition) is 3. The van der Waals surface area contributed by atoms with Gasteiger partial charge in [0.2, 0.25) is 5.91 Å². The van der Waals surface area contributed by atoms with E-state index in [1.165, 1.54) is 6.07 Å². The van der Waals surface area contributed by atoms with E-state index in [0.717, 1.165) is 38.3 Å². The number of carbonyl (C=O) groups excluding carboxylic acids is 1. The van der Waals surface area contributed by atoms with Crippen molar-refractivity contribution in [3.63, 3.8) is 0 Å². The number of piperazine rings is 1. The molecule has 2 fully saturated rings. The third-order valence-corrected chi connectivity index (χ3v) is 7.00. The third-order valence-electron chi connectivity index (χ3n) is 6.42. The highest BCUT2D eigenvalue weighted by Crippen LogP contribution is 2.41. The summed E-state index contributed by atoms with van der Waals surface area (Å²) in [5.74, 6) is -0.226. The van der Waals surface area contributed by atoms with E-state index in [4.69, 9.17) is 23.2 Å². The maximum absolute atomic E-state index is 14.2. The van der Waals surface area contributed by atoms with Crippen molar-refractivity contribution in [1.82, 2.24) is 4.90 Å². The predicted octanol–water partition coefficient (Wildman–Crippen LogP) is 5.12. The number of nitrogens with zero attached hydrogens (tertiary/aromatic N) is 3. The Morgan fingerprint density at radius 1 is 1.06 bits per heavy atom. The fourth-order valence-corrected chi connectivity index (χ4v) is 5.35. The van der Waals surface area contributed by atoms with Crippen LogP contribution in [0.15, 0.2) is 36.4 Å². The van der Waals surface area contributed by atoms with Gasteiger partial charge in [0.1, 0.15) is 5.82 Å². The van der Waals surface area contributed by atoms with Crippen LogP contribution in [0.2, 0.25) is 10.0 Å². The number of benzene rings is 2. The lowest BCUT2D eigenvalue weighted by Crippen LogP contribution is -2.46. The molecule has 2 saturated heterocycles. The Bertz CT molecular complexity index is 939. The highest BCUT2D eigenvalue weighted by Gasteiger charge is 2.35. The van der Waals surface area contributed by atoms with E-state index < -0.39 is 0 Å². The van der Waals surface area contributed by atoms with Gasteiger partial charge in [-0.15, -0.1) is 0 Å². The number of rotatable bonds is 4. The van der Waals surface area contributed by atoms with Gasteiger partial charge in [-0.2, -0.15) is 0 Å². The molecule has 7 heteroatoms. The fourth-order valence-electron chi connectivity index (χ4n) is 4.67. The molecule has 2 aromatic carbocycles. The molecule has 4 rings (SSSR count). The average Bonchev–Trinajstić information content (AvgIpc) is 2.73. The van der Waals surface area contributed by atoms with Gasteiger partial charge in [0.05, 0.1) is 15.7 Å². The maximum Gasteiger partial charge on any atom is 0.229 e. The molecule has 31 heavy (non-hydrogen) atoms. The minimum absolute atomic E-state index is 0.0148. The van der Waals surface area contributed by atoms with Crippen molar-refractivity contribution in [2.24, 2.45) is 11.8 Å². The standard InChI is InChI=1S/C24H28Cl2FN3O/c1-16-11-17(12-18-5-3-4-6-22(18)27)15-30(24(16)31)23-20(25)13-19(14-21(23)26)29-9-7-28(2)8-10-29/h3-6,13-14,16-17H,7-12,15H2,1-2H3/t16-,17-/m1/s1. The fraction of sp³-hybridized carbons (Fsp3) is 0.458. The Balaban J connectivity index is 1.58. The molecule has 2 aromatic rings. The average molecular weight is 464 g/mol. The zero-order valence-corrected chi connectivity index (χ0v) is 19.5. The predicted molar refractivity (Wildman–Crippen MR) is 126 cm³/mol. The Morgan fingerprint density at radius 2 is 1.71 bits per heavy atom. The van der Waals surface area contributed by atoms with Crippen molar-refractivity contribution < 1.29 is 9.18 Å². The summed E-state index contributed by atoms with van der Waals surface area (Å²) in [6.07, 6.45) is 1.30. The van der Waals surface area contributed by atoms with Crippen LogP contribution in [0.4, 0.5) is 15.8 Å². The van der Waals surface area contributed by atoms with Gasteiger partial charge in [-0.1, -0.05) is 48.3 Å². The summed E-state index contributed by atoms with van der Waals surface area (Å²) >= 11 is 13.4. The highest BCUT2D eigenvalue weighted by molar-refractivity contribution is 6.40. The molecule has 2 aliphatic heterocycles. The first-order valence-electron chi connectivity index (χ1n) is 10.8. The summed E-state index contributed by atoms with van der Waals surface area (Å²) in [6, 6.07) is 10.7. The van der Waals surface area contributed by atoms with E-state index in [-0.39, 0.29) is 23.6 Å². The summed E-state index contributed by atoms with van der Waals surface area (Å²) in [4.78, 5) is 19.3. The van der Waals surface area contributed by atoms with Gasteiger partial charge in [-0.25, -0.2) is 4.39 Å². The summed E-state index contributed by atoms with van der Waals surface area (Å²) < 4.78 is 14.2. The smallest absolute Gasteiger partial charge is 0.229 e. The molecule has 0 aliphatic carbocycles. The van der Waals surface area contributed by atoms with Gasteiger partial charge < -0.3 is 14.7 Å². The van der Waals surface area contributed by atoms with Crippen LogP contribution in [0.1, 0.15) is 18.9 Å². The van der Waals surface area contributed by atoms with Crippen LogP contribution in [-0.2, 0) is 11.2 Å². The van der Waals surface area contributed by atoms with Crippen LogP contribution in [0, 0.1) is 17.7 Å². The number of amides is 1. The first kappa shape index (κ1) is 22.4. The second kappa shape index (κ2) is 9.35. The SMILES string of the molecule is C[C@@H]1C[C@H](Cc2ccccc2F)CN(c2c(Cl)cc(N3CCN(C)CC3)cc2Cl)C1=O. The largest absolute Gasteiger partial charge is 0.369 e. The number of likely N-dealkylation sites (N-methyl/N-ethyl adjacent to an activating group) is 1. The lowest BCUT2D eigenvalue weighted by atomic mass is 9.85. The van der Waals surface area contributed by atoms with Gasteiger partial charge >= 0.3 is 0 Å². The van der Waals surface area contributed by atoms with E-state index in [9.17, 15) is 9.18 Å². The van der Waals surface area contributed by atoms with Crippen LogP contribution in [0.25, 0.3) is 0 Å². The van der Waals surface area contributed by atoms with Gasteiger partial charge in [-0.05, 0) is 49.6 Å². The molecule has 2 atom stereocenters. The molecule has 0 unspecified atom stereocenters. The van der Waals surface area contributed by atoms with E-state index >= 15 is 0 Å². The first-order chi connectivity index (χ1) is 14.8. The Kier molecular flexibility index (Phi) is 6.75. The molecular weight excluding hydrogens is 436 g/mol. The molecule has 166 valence electrons. The Hall–Kier alpha value is -1.82. The van der Waals surface area contributed by atoms with Crippen LogP contribution in [-0.4, -0.2) is 50.6 Å². The van der Waals surface area contributed by atoms with E-state index in [1.807, 2.05) is 31.2 Å². The topological polar surface area (TPSA) is 26.8 Å². The van der Waals surface area contributed by atoms with E-state index in [1.54, 1.807) is 11.0 Å². The molecule has 0 N–H and O–H groups in total. The summed E-state index contributed by atoms with van der Waals surface area (Å²) in [5.41, 5.74) is 2.22. The quantitative estimate of drug-likeness (QED) is 0.629. The Morgan fingerprint density at radius 3 is 2.35 bits per heavy atom. The van der Waals surface area contributed by atoms with E-state index in [2.05, 4.69) is 16.8 Å². The zero-order valence-electron chi connectivity index (χ0n) is 18.0. The van der Waals surface area contributed by atoms with Crippen molar-refractivity contribution in [2.45, 2.75) is 19.8 Å². The van der Waals surface area contributed by atoms with Gasteiger partial charge in [-0.3, -0.25) is 4.79 Å². The van der Waals surface area contributed by atoms with Crippen molar-refractivity contribution in [2.75, 3.05) is 49.6 Å². The summed E-state index contributed by atoms with van der Waals surface area (Å²) in [6.45, 7) is 6.18. The second-order valence-corrected chi connectivity index (χ2v) is 9.61. The molecule has 0 spiro atoms. The summed E-state index contributed by atoms with van der Waals surface area (Å²) in [5, 5.41) is 0.960. The van der Waals surface area contributed by atoms with Gasteiger partial charge in [0.15, 0.2) is 0 Å². The minimum atomic E-state index is -0.203. The van der Waals surface area contributed by atoms with Crippen LogP contribution < -0.4 is 9.80 Å².